The number of amides is 2. The third-order valence-corrected chi connectivity index (χ3v) is 6.52. The molecule has 164 valence electrons. The number of thiophene rings is 1. The lowest BCUT2D eigenvalue weighted by atomic mass is 10.0. The first kappa shape index (κ1) is 21.2. The fourth-order valence-corrected chi connectivity index (χ4v) is 4.73. The molecule has 1 aromatic heterocycles. The van der Waals surface area contributed by atoms with Crippen LogP contribution < -0.4 is 20.3 Å². The summed E-state index contributed by atoms with van der Waals surface area (Å²) < 4.78 is 10.3. The van der Waals surface area contributed by atoms with Gasteiger partial charge in [0.05, 0.1) is 25.8 Å². The van der Waals surface area contributed by atoms with E-state index in [1.165, 1.54) is 18.4 Å². The summed E-state index contributed by atoms with van der Waals surface area (Å²) in [7, 11) is 3.02. The summed E-state index contributed by atoms with van der Waals surface area (Å²) in [6.45, 7) is 3.82. The molecule has 2 aromatic rings. The molecule has 2 amide bonds. The summed E-state index contributed by atoms with van der Waals surface area (Å²) in [6.07, 6.45) is 0. The third-order valence-electron chi connectivity index (χ3n) is 5.58. The van der Waals surface area contributed by atoms with Crippen molar-refractivity contribution in [2.45, 2.75) is 6.04 Å². The van der Waals surface area contributed by atoms with Crippen molar-refractivity contribution in [3.05, 3.63) is 57.9 Å². The van der Waals surface area contributed by atoms with Crippen molar-refractivity contribution >= 4 is 29.0 Å². The number of carbonyl (C=O) groups is 2. The molecule has 0 saturated carbocycles. The van der Waals surface area contributed by atoms with Crippen LogP contribution >= 0.6 is 11.3 Å². The fourth-order valence-electron chi connectivity index (χ4n) is 3.94. The second-order valence-corrected chi connectivity index (χ2v) is 8.37. The monoisotopic (exact) mass is 442 g/mol. The first-order valence-electron chi connectivity index (χ1n) is 10.1. The molecular weight excluding hydrogens is 416 g/mol. The molecule has 1 fully saturated rings. The largest absolute Gasteiger partial charge is 0.497 e. The molecule has 8 nitrogen and oxygen atoms in total. The molecule has 1 atom stereocenters. The minimum atomic E-state index is -0.503. The minimum Gasteiger partial charge on any atom is -0.497 e. The molecule has 1 aromatic carbocycles. The first-order chi connectivity index (χ1) is 15.1. The van der Waals surface area contributed by atoms with Crippen LogP contribution in [0.5, 0.6) is 5.75 Å². The maximum absolute atomic E-state index is 12.6. The van der Waals surface area contributed by atoms with Gasteiger partial charge in [-0.3, -0.25) is 4.90 Å². The zero-order chi connectivity index (χ0) is 21.8. The van der Waals surface area contributed by atoms with Crippen molar-refractivity contribution in [2.75, 3.05) is 51.8 Å². The Morgan fingerprint density at radius 1 is 1.13 bits per heavy atom. The molecule has 0 radical (unpaired) electrons. The number of benzene rings is 1. The molecular formula is C22H26N4O4S. The zero-order valence-electron chi connectivity index (χ0n) is 17.6. The van der Waals surface area contributed by atoms with Gasteiger partial charge in [0.15, 0.2) is 0 Å². The van der Waals surface area contributed by atoms with Crippen LogP contribution in [-0.2, 0) is 9.53 Å². The van der Waals surface area contributed by atoms with Crippen molar-refractivity contribution in [2.24, 2.45) is 0 Å². The van der Waals surface area contributed by atoms with Crippen molar-refractivity contribution in [3.63, 3.8) is 0 Å². The van der Waals surface area contributed by atoms with Gasteiger partial charge in [-0.15, -0.1) is 11.3 Å². The number of nitrogens with one attached hydrogen (secondary N) is 2. The lowest BCUT2D eigenvalue weighted by Crippen LogP contribution is -2.51. The van der Waals surface area contributed by atoms with Crippen LogP contribution in [0.15, 0.2) is 53.0 Å². The highest BCUT2D eigenvalue weighted by Gasteiger charge is 2.35. The Morgan fingerprint density at radius 2 is 1.87 bits per heavy atom. The molecule has 1 unspecified atom stereocenters. The predicted molar refractivity (Wildman–Crippen MR) is 119 cm³/mol. The van der Waals surface area contributed by atoms with E-state index in [9.17, 15) is 9.59 Å². The molecule has 0 spiro atoms. The van der Waals surface area contributed by atoms with Crippen LogP contribution in [0.1, 0.15) is 10.9 Å². The Balaban J connectivity index is 1.48. The van der Waals surface area contributed by atoms with E-state index in [1.807, 2.05) is 29.6 Å². The standard InChI is InChI=1S/C22H26N4O4S/c1-29-16-7-5-15(6-8-16)26-11-9-25(10-12-26)14-17-19(21(27)30-2)20(24-22(28)23-17)18-4-3-13-31-18/h3-8,13,20H,9-12,14H2,1-2H3,(H2,23,24,28). The van der Waals surface area contributed by atoms with Gasteiger partial charge in [0.25, 0.3) is 0 Å². The third kappa shape index (κ3) is 4.67. The summed E-state index contributed by atoms with van der Waals surface area (Å²) in [5.74, 6) is 0.407. The maximum Gasteiger partial charge on any atom is 0.338 e. The van der Waals surface area contributed by atoms with E-state index in [1.54, 1.807) is 7.11 Å². The van der Waals surface area contributed by atoms with Gasteiger partial charge in [0.2, 0.25) is 0 Å². The highest BCUT2D eigenvalue weighted by Crippen LogP contribution is 2.31. The van der Waals surface area contributed by atoms with Gasteiger partial charge in [-0.2, -0.15) is 0 Å². The number of esters is 1. The second kappa shape index (κ2) is 9.40. The van der Waals surface area contributed by atoms with Crippen LogP contribution in [-0.4, -0.2) is 63.8 Å². The summed E-state index contributed by atoms with van der Waals surface area (Å²) in [6, 6.07) is 11.1. The topological polar surface area (TPSA) is 83.1 Å². The fraction of sp³-hybridized carbons (Fsp3) is 0.364. The average Bonchev–Trinajstić information content (AvgIpc) is 3.34. The van der Waals surface area contributed by atoms with Crippen LogP contribution in [0, 0.1) is 0 Å². The SMILES string of the molecule is COC(=O)C1=C(CN2CCN(c3ccc(OC)cc3)CC2)NC(=O)NC1c1cccs1. The van der Waals surface area contributed by atoms with Gasteiger partial charge >= 0.3 is 12.0 Å². The van der Waals surface area contributed by atoms with Crippen LogP contribution in [0.3, 0.4) is 0 Å². The molecule has 0 bridgehead atoms. The van der Waals surface area contributed by atoms with E-state index in [0.29, 0.717) is 17.8 Å². The van der Waals surface area contributed by atoms with Gasteiger partial charge < -0.3 is 25.0 Å². The van der Waals surface area contributed by atoms with Gasteiger partial charge in [0, 0.05) is 49.0 Å². The Labute approximate surface area is 185 Å². The van der Waals surface area contributed by atoms with E-state index >= 15 is 0 Å². The minimum absolute atomic E-state index is 0.307. The van der Waals surface area contributed by atoms with E-state index < -0.39 is 12.0 Å². The summed E-state index contributed by atoms with van der Waals surface area (Å²) in [5, 5.41) is 7.62. The summed E-state index contributed by atoms with van der Waals surface area (Å²) in [4.78, 5) is 30.4. The first-order valence-corrected chi connectivity index (χ1v) is 11.0. The lowest BCUT2D eigenvalue weighted by Gasteiger charge is -2.37. The van der Waals surface area contributed by atoms with Crippen molar-refractivity contribution in [3.8, 4) is 5.75 Å². The number of anilines is 1. The molecule has 3 heterocycles. The van der Waals surface area contributed by atoms with Crippen molar-refractivity contribution in [1.82, 2.24) is 15.5 Å². The van der Waals surface area contributed by atoms with E-state index in [2.05, 4.69) is 32.6 Å². The normalized spacial score (nSPS) is 19.6. The highest BCUT2D eigenvalue weighted by atomic mass is 32.1. The smallest absolute Gasteiger partial charge is 0.338 e. The number of rotatable bonds is 6. The Kier molecular flexibility index (Phi) is 6.43. The number of urea groups is 1. The summed E-state index contributed by atoms with van der Waals surface area (Å²) in [5.41, 5.74) is 2.22. The molecule has 9 heteroatoms. The second-order valence-electron chi connectivity index (χ2n) is 7.39. The van der Waals surface area contributed by atoms with Gasteiger partial charge in [-0.1, -0.05) is 6.07 Å². The quantitative estimate of drug-likeness (QED) is 0.669. The van der Waals surface area contributed by atoms with E-state index in [0.717, 1.165) is 42.5 Å². The Morgan fingerprint density at radius 3 is 2.48 bits per heavy atom. The van der Waals surface area contributed by atoms with Gasteiger partial charge in [-0.05, 0) is 35.7 Å². The molecule has 2 N–H and O–H groups in total. The number of methoxy groups -OCH3 is 2. The number of nitrogens with zero attached hydrogens (tertiary/aromatic N) is 2. The molecule has 4 rings (SSSR count). The van der Waals surface area contributed by atoms with Crippen LogP contribution in [0.4, 0.5) is 10.5 Å². The van der Waals surface area contributed by atoms with E-state index in [4.69, 9.17) is 9.47 Å². The number of carbonyl (C=O) groups excluding carboxylic acids is 2. The predicted octanol–water partition coefficient (Wildman–Crippen LogP) is 2.36. The molecule has 1 saturated heterocycles. The van der Waals surface area contributed by atoms with Crippen molar-refractivity contribution in [1.29, 1.82) is 0 Å². The van der Waals surface area contributed by atoms with Crippen LogP contribution in [0.25, 0.3) is 0 Å². The van der Waals surface area contributed by atoms with Crippen molar-refractivity contribution < 1.29 is 19.1 Å². The average molecular weight is 443 g/mol. The molecule has 0 aliphatic carbocycles. The Hall–Kier alpha value is -3.04. The Bertz CT molecular complexity index is 950. The molecule has 2 aliphatic rings. The number of hydrogen-bond acceptors (Lipinski definition) is 7. The molecule has 31 heavy (non-hydrogen) atoms. The number of hydrogen-bond donors (Lipinski definition) is 2. The maximum atomic E-state index is 12.6. The zero-order valence-corrected chi connectivity index (χ0v) is 18.4. The molecule has 2 aliphatic heterocycles. The highest BCUT2D eigenvalue weighted by molar-refractivity contribution is 7.10. The number of ether oxygens (including phenoxy) is 2. The van der Waals surface area contributed by atoms with E-state index in [-0.39, 0.29) is 6.03 Å². The number of piperazine rings is 1. The van der Waals surface area contributed by atoms with Gasteiger partial charge in [-0.25, -0.2) is 9.59 Å². The van der Waals surface area contributed by atoms with Gasteiger partial charge in [0.1, 0.15) is 5.75 Å². The lowest BCUT2D eigenvalue weighted by molar-refractivity contribution is -0.136. The summed E-state index contributed by atoms with van der Waals surface area (Å²) >= 11 is 1.50. The van der Waals surface area contributed by atoms with Crippen LogP contribution in [0.2, 0.25) is 0 Å².